The van der Waals surface area contributed by atoms with Crippen LogP contribution in [0.4, 0.5) is 0 Å². The molecule has 3 aliphatic rings. The molecular formula is C38H46N2O8. The highest BCUT2D eigenvalue weighted by atomic mass is 16.7. The summed E-state index contributed by atoms with van der Waals surface area (Å²) in [5, 5.41) is 21.3. The molecule has 0 radical (unpaired) electrons. The van der Waals surface area contributed by atoms with Crippen LogP contribution in [0.3, 0.4) is 0 Å². The number of carboxylic acid groups (broad SMARTS) is 1. The highest BCUT2D eigenvalue weighted by molar-refractivity contribution is 5.76. The van der Waals surface area contributed by atoms with E-state index in [1.807, 2.05) is 54.6 Å². The monoisotopic (exact) mass is 658 g/mol. The molecule has 6 rings (SSSR count). The first-order chi connectivity index (χ1) is 23.3. The van der Waals surface area contributed by atoms with Crippen molar-refractivity contribution < 1.29 is 38.7 Å². The summed E-state index contributed by atoms with van der Waals surface area (Å²) in [5.41, 5.74) is 5.79. The number of carbonyl (C=O) groups excluding carboxylic acids is 1. The zero-order valence-corrected chi connectivity index (χ0v) is 27.5. The third kappa shape index (κ3) is 8.49. The number of benzene rings is 3. The fourth-order valence-corrected chi connectivity index (χ4v) is 6.86. The predicted octanol–water partition coefficient (Wildman–Crippen LogP) is 5.35. The molecule has 3 N–H and O–H groups in total. The summed E-state index contributed by atoms with van der Waals surface area (Å²) in [6.45, 7) is 6.39. The van der Waals surface area contributed by atoms with Crippen LogP contribution in [0.2, 0.25) is 0 Å². The molecule has 256 valence electrons. The van der Waals surface area contributed by atoms with Crippen molar-refractivity contribution in [2.45, 2.75) is 76.5 Å². The summed E-state index contributed by atoms with van der Waals surface area (Å²) in [6.07, 6.45) is 1.29. The van der Waals surface area contributed by atoms with Crippen LogP contribution in [-0.2, 0) is 41.7 Å². The minimum absolute atomic E-state index is 0.00719. The Morgan fingerprint density at radius 3 is 2.29 bits per heavy atom. The molecule has 1 amide bonds. The predicted molar refractivity (Wildman–Crippen MR) is 178 cm³/mol. The van der Waals surface area contributed by atoms with Gasteiger partial charge in [0.1, 0.15) is 0 Å². The number of aliphatic carboxylic acids is 1. The van der Waals surface area contributed by atoms with Gasteiger partial charge in [-0.1, -0.05) is 67.6 Å². The van der Waals surface area contributed by atoms with E-state index in [4.69, 9.17) is 24.1 Å². The van der Waals surface area contributed by atoms with Crippen molar-refractivity contribution in [1.29, 1.82) is 0 Å². The van der Waals surface area contributed by atoms with E-state index in [-0.39, 0.29) is 43.5 Å². The van der Waals surface area contributed by atoms with Gasteiger partial charge in [0.25, 0.3) is 0 Å². The second-order valence-electron chi connectivity index (χ2n) is 13.1. The summed E-state index contributed by atoms with van der Waals surface area (Å²) in [5.74, 6) is -1.41. The van der Waals surface area contributed by atoms with Crippen LogP contribution >= 0.6 is 0 Å². The maximum absolute atomic E-state index is 12.2. The molecule has 10 nitrogen and oxygen atoms in total. The number of carboxylic acids is 1. The third-order valence-corrected chi connectivity index (χ3v) is 9.70. The maximum Gasteiger partial charge on any atom is 0.303 e. The number of rotatable bonds is 12. The highest BCUT2D eigenvalue weighted by Gasteiger charge is 2.43. The van der Waals surface area contributed by atoms with Gasteiger partial charge in [-0.15, -0.1) is 0 Å². The number of carbonyl (C=O) groups is 2. The minimum Gasteiger partial charge on any atom is -0.481 e. The molecule has 3 saturated heterocycles. The molecule has 3 fully saturated rings. The van der Waals surface area contributed by atoms with Gasteiger partial charge in [-0.2, -0.15) is 0 Å². The minimum atomic E-state index is -0.899. The Morgan fingerprint density at radius 2 is 1.58 bits per heavy atom. The number of likely N-dealkylation sites (tertiary alicyclic amines) is 1. The largest absolute Gasteiger partial charge is 0.481 e. The molecule has 0 saturated carbocycles. The molecule has 3 aromatic carbocycles. The number of aliphatic hydroxyl groups is 1. The normalized spacial score (nSPS) is 24.0. The molecule has 10 heteroatoms. The number of hydrogen-bond donors (Lipinski definition) is 3. The lowest BCUT2D eigenvalue weighted by atomic mass is 9.89. The third-order valence-electron chi connectivity index (χ3n) is 9.70. The lowest BCUT2D eigenvalue weighted by molar-refractivity contribution is -0.278. The molecule has 0 bridgehead atoms. The molecule has 3 aliphatic heterocycles. The number of aliphatic hydroxyl groups excluding tert-OH is 1. The molecule has 0 unspecified atom stereocenters. The fraction of sp³-hybridized carbons (Fsp3) is 0.474. The van der Waals surface area contributed by atoms with E-state index in [2.05, 4.69) is 35.3 Å². The second-order valence-corrected chi connectivity index (χ2v) is 13.1. The molecule has 1 spiro atoms. The lowest BCUT2D eigenvalue weighted by Gasteiger charge is -2.44. The molecule has 0 aromatic heterocycles. The number of piperidine rings is 1. The van der Waals surface area contributed by atoms with Crippen LogP contribution in [0, 0.1) is 5.92 Å². The van der Waals surface area contributed by atoms with E-state index in [0.717, 1.165) is 65.9 Å². The molecule has 4 atom stereocenters. The van der Waals surface area contributed by atoms with E-state index in [1.54, 1.807) is 0 Å². The Balaban J connectivity index is 1.17. The Bertz CT molecular complexity index is 1530. The van der Waals surface area contributed by atoms with Crippen LogP contribution < -0.4 is 5.32 Å². The standard InChI is InChI=1S/C38H46N2O8/c1-26-33(24-40-17-15-38(16-18-40)45-19-20-46-38)47-37(48-36(26)29-13-11-27(25-41)12-14-29)32-8-3-7-31(22-32)30-6-2-5-28(21-30)23-39-34(42)9-4-10-35(43)44/h2-3,5-8,11-14,21-22,26,33,36-37,41H,4,9-10,15-20,23-25H2,1H3,(H,39,42)(H,43,44)/t26-,33+,36+,37+/m1/s1. The van der Waals surface area contributed by atoms with Gasteiger partial charge in [-0.25, -0.2) is 0 Å². The molecular weight excluding hydrogens is 612 g/mol. The van der Waals surface area contributed by atoms with Crippen LogP contribution in [0.1, 0.15) is 73.7 Å². The Labute approximate surface area is 282 Å². The van der Waals surface area contributed by atoms with Gasteiger partial charge in [0, 0.05) is 63.3 Å². The zero-order valence-electron chi connectivity index (χ0n) is 27.5. The van der Waals surface area contributed by atoms with Gasteiger partial charge in [-0.05, 0) is 46.4 Å². The van der Waals surface area contributed by atoms with Gasteiger partial charge in [0.2, 0.25) is 5.91 Å². The molecule has 48 heavy (non-hydrogen) atoms. The van der Waals surface area contributed by atoms with Crippen LogP contribution in [-0.4, -0.2) is 71.7 Å². The maximum atomic E-state index is 12.2. The SMILES string of the molecule is C[C@@H]1[C@H](CN2CCC3(CC2)OCCO3)O[C@H](c2cccc(-c3cccc(CNC(=O)CCCC(=O)O)c3)c2)O[C@@H]1c1ccc(CO)cc1. The van der Waals surface area contributed by atoms with Gasteiger partial charge >= 0.3 is 5.97 Å². The van der Waals surface area contributed by atoms with Gasteiger partial charge in [0.15, 0.2) is 12.1 Å². The van der Waals surface area contributed by atoms with Crippen molar-refractivity contribution in [3.05, 3.63) is 95.1 Å². The van der Waals surface area contributed by atoms with E-state index in [9.17, 15) is 14.7 Å². The Hall–Kier alpha value is -3.64. The number of amides is 1. The average Bonchev–Trinajstić information content (AvgIpc) is 3.57. The first-order valence-corrected chi connectivity index (χ1v) is 17.0. The van der Waals surface area contributed by atoms with Crippen molar-refractivity contribution in [1.82, 2.24) is 10.2 Å². The van der Waals surface area contributed by atoms with E-state index in [1.165, 1.54) is 0 Å². The van der Waals surface area contributed by atoms with Crippen molar-refractivity contribution >= 4 is 11.9 Å². The van der Waals surface area contributed by atoms with Crippen molar-refractivity contribution in [3.8, 4) is 11.1 Å². The summed E-state index contributed by atoms with van der Waals surface area (Å²) in [6, 6.07) is 24.2. The van der Waals surface area contributed by atoms with Gasteiger partial charge in [0.05, 0.1) is 32.0 Å². The highest BCUT2D eigenvalue weighted by Crippen LogP contribution is 2.43. The summed E-state index contributed by atoms with van der Waals surface area (Å²) in [4.78, 5) is 25.4. The molecule has 0 aliphatic carbocycles. The quantitative estimate of drug-likeness (QED) is 0.236. The van der Waals surface area contributed by atoms with Crippen LogP contribution in [0.25, 0.3) is 11.1 Å². The number of ether oxygens (including phenoxy) is 4. The number of nitrogens with one attached hydrogen (secondary N) is 1. The Kier molecular flexibility index (Phi) is 11.2. The smallest absolute Gasteiger partial charge is 0.303 e. The first kappa shape index (κ1) is 34.2. The van der Waals surface area contributed by atoms with Crippen molar-refractivity contribution in [2.75, 3.05) is 32.8 Å². The van der Waals surface area contributed by atoms with Gasteiger partial charge in [-0.3, -0.25) is 9.59 Å². The summed E-state index contributed by atoms with van der Waals surface area (Å²) < 4.78 is 25.4. The van der Waals surface area contributed by atoms with Gasteiger partial charge < -0.3 is 39.4 Å². The second kappa shape index (κ2) is 15.7. The van der Waals surface area contributed by atoms with Crippen LogP contribution in [0.5, 0.6) is 0 Å². The molecule has 3 aromatic rings. The first-order valence-electron chi connectivity index (χ1n) is 17.0. The van der Waals surface area contributed by atoms with Crippen molar-refractivity contribution in [3.63, 3.8) is 0 Å². The Morgan fingerprint density at radius 1 is 0.875 bits per heavy atom. The van der Waals surface area contributed by atoms with Crippen molar-refractivity contribution in [2.24, 2.45) is 5.92 Å². The molecule has 3 heterocycles. The van der Waals surface area contributed by atoms with E-state index in [0.29, 0.717) is 26.2 Å². The summed E-state index contributed by atoms with van der Waals surface area (Å²) >= 11 is 0. The number of hydrogen-bond acceptors (Lipinski definition) is 8. The lowest BCUT2D eigenvalue weighted by Crippen LogP contribution is -2.50. The average molecular weight is 659 g/mol. The summed E-state index contributed by atoms with van der Waals surface area (Å²) in [7, 11) is 0. The van der Waals surface area contributed by atoms with E-state index >= 15 is 0 Å². The fourth-order valence-electron chi connectivity index (χ4n) is 6.86. The topological polar surface area (TPSA) is 127 Å². The van der Waals surface area contributed by atoms with E-state index < -0.39 is 18.0 Å². The zero-order chi connectivity index (χ0) is 33.5. The van der Waals surface area contributed by atoms with Crippen LogP contribution in [0.15, 0.2) is 72.8 Å². The number of nitrogens with zero attached hydrogens (tertiary/aromatic N) is 1.